The highest BCUT2D eigenvalue weighted by molar-refractivity contribution is 9.10. The van der Waals surface area contributed by atoms with Crippen LogP contribution in [-0.4, -0.2) is 34.1 Å². The quantitative estimate of drug-likeness (QED) is 0.664. The van der Waals surface area contributed by atoms with Crippen LogP contribution in [0.4, 0.5) is 0 Å². The Bertz CT molecular complexity index is 649. The fraction of sp³-hybridized carbons (Fsp3) is 0.684. The van der Waals surface area contributed by atoms with E-state index in [1.54, 1.807) is 19.3 Å². The monoisotopic (exact) mass is 426 g/mol. The SMILES string of the molecule is CCOC(=O)C1(Cc2nccnc2Br)CCC(C(=O)OC(C)(C)C)CC1. The van der Waals surface area contributed by atoms with E-state index in [2.05, 4.69) is 25.9 Å². The number of carbonyl (C=O) groups is 2. The molecule has 26 heavy (non-hydrogen) atoms. The van der Waals surface area contributed by atoms with Gasteiger partial charge in [0, 0.05) is 18.8 Å². The van der Waals surface area contributed by atoms with E-state index in [0.29, 0.717) is 43.3 Å². The molecule has 1 aromatic rings. The molecular weight excluding hydrogens is 400 g/mol. The van der Waals surface area contributed by atoms with Crippen molar-refractivity contribution < 1.29 is 19.1 Å². The van der Waals surface area contributed by atoms with Gasteiger partial charge in [-0.25, -0.2) is 4.98 Å². The Labute approximate surface area is 163 Å². The van der Waals surface area contributed by atoms with Gasteiger partial charge in [0.2, 0.25) is 0 Å². The molecule has 0 atom stereocenters. The van der Waals surface area contributed by atoms with Gasteiger partial charge in [-0.3, -0.25) is 14.6 Å². The van der Waals surface area contributed by atoms with Crippen LogP contribution < -0.4 is 0 Å². The number of hydrogen-bond acceptors (Lipinski definition) is 6. The molecule has 6 nitrogen and oxygen atoms in total. The van der Waals surface area contributed by atoms with Crippen molar-refractivity contribution in [1.29, 1.82) is 0 Å². The number of carbonyl (C=O) groups excluding carboxylic acids is 2. The van der Waals surface area contributed by atoms with Gasteiger partial charge in [-0.1, -0.05) is 0 Å². The molecule has 1 aromatic heterocycles. The first-order valence-electron chi connectivity index (χ1n) is 9.02. The maximum absolute atomic E-state index is 12.7. The summed E-state index contributed by atoms with van der Waals surface area (Å²) in [5, 5.41) is 0. The Morgan fingerprint density at radius 1 is 1.23 bits per heavy atom. The molecule has 1 aliphatic rings. The van der Waals surface area contributed by atoms with Gasteiger partial charge < -0.3 is 9.47 Å². The number of esters is 2. The van der Waals surface area contributed by atoms with Crippen molar-refractivity contribution in [1.82, 2.24) is 9.97 Å². The third kappa shape index (κ3) is 5.25. The number of rotatable bonds is 5. The van der Waals surface area contributed by atoms with Gasteiger partial charge in [0.15, 0.2) is 0 Å². The average molecular weight is 427 g/mol. The molecule has 0 radical (unpaired) electrons. The first-order valence-corrected chi connectivity index (χ1v) is 9.81. The molecule has 1 saturated carbocycles. The Morgan fingerprint density at radius 2 is 1.85 bits per heavy atom. The van der Waals surface area contributed by atoms with E-state index in [0.717, 1.165) is 5.69 Å². The maximum atomic E-state index is 12.7. The Balaban J connectivity index is 2.14. The molecule has 0 unspecified atom stereocenters. The topological polar surface area (TPSA) is 78.4 Å². The lowest BCUT2D eigenvalue weighted by Gasteiger charge is -2.37. The number of ether oxygens (including phenoxy) is 2. The number of hydrogen-bond donors (Lipinski definition) is 0. The van der Waals surface area contributed by atoms with Gasteiger partial charge in [-0.05, 0) is 69.3 Å². The number of halogens is 1. The molecule has 0 N–H and O–H groups in total. The molecule has 1 heterocycles. The van der Waals surface area contributed by atoms with Crippen LogP contribution in [0.25, 0.3) is 0 Å². The van der Waals surface area contributed by atoms with Gasteiger partial charge in [0.1, 0.15) is 10.2 Å². The van der Waals surface area contributed by atoms with Crippen LogP contribution in [0.1, 0.15) is 59.1 Å². The molecule has 0 aromatic carbocycles. The minimum absolute atomic E-state index is 0.179. The first kappa shape index (κ1) is 20.8. The third-order valence-electron chi connectivity index (χ3n) is 4.62. The van der Waals surface area contributed by atoms with Crippen molar-refractivity contribution in [3.63, 3.8) is 0 Å². The lowest BCUT2D eigenvalue weighted by molar-refractivity contribution is -0.167. The summed E-state index contributed by atoms with van der Waals surface area (Å²) < 4.78 is 11.5. The molecule has 1 fully saturated rings. The minimum Gasteiger partial charge on any atom is -0.466 e. The highest BCUT2D eigenvalue weighted by Crippen LogP contribution is 2.43. The largest absolute Gasteiger partial charge is 0.466 e. The summed E-state index contributed by atoms with van der Waals surface area (Å²) in [7, 11) is 0. The summed E-state index contributed by atoms with van der Waals surface area (Å²) >= 11 is 3.40. The van der Waals surface area contributed by atoms with E-state index < -0.39 is 11.0 Å². The van der Waals surface area contributed by atoms with Crippen LogP contribution in [0, 0.1) is 11.3 Å². The van der Waals surface area contributed by atoms with Crippen molar-refractivity contribution in [3.8, 4) is 0 Å². The lowest BCUT2D eigenvalue weighted by Crippen LogP contribution is -2.41. The fourth-order valence-corrected chi connectivity index (χ4v) is 3.68. The summed E-state index contributed by atoms with van der Waals surface area (Å²) in [6.45, 7) is 7.72. The lowest BCUT2D eigenvalue weighted by atomic mass is 9.68. The molecule has 0 bridgehead atoms. The van der Waals surface area contributed by atoms with Crippen molar-refractivity contribution >= 4 is 27.9 Å². The van der Waals surface area contributed by atoms with Crippen LogP contribution in [0.3, 0.4) is 0 Å². The number of aromatic nitrogens is 2. The highest BCUT2D eigenvalue weighted by atomic mass is 79.9. The molecule has 7 heteroatoms. The van der Waals surface area contributed by atoms with E-state index in [4.69, 9.17) is 9.47 Å². The van der Waals surface area contributed by atoms with Crippen LogP contribution in [0.5, 0.6) is 0 Å². The smallest absolute Gasteiger partial charge is 0.312 e. The summed E-state index contributed by atoms with van der Waals surface area (Å²) in [5.74, 6) is -0.585. The van der Waals surface area contributed by atoms with E-state index in [1.807, 2.05) is 20.8 Å². The zero-order chi connectivity index (χ0) is 19.4. The number of nitrogens with zero attached hydrogens (tertiary/aromatic N) is 2. The first-order chi connectivity index (χ1) is 12.2. The van der Waals surface area contributed by atoms with Crippen molar-refractivity contribution in [2.24, 2.45) is 11.3 Å². The highest BCUT2D eigenvalue weighted by Gasteiger charge is 2.45. The predicted molar refractivity (Wildman–Crippen MR) is 100 cm³/mol. The van der Waals surface area contributed by atoms with Crippen molar-refractivity contribution in [2.45, 2.75) is 65.4 Å². The second-order valence-corrected chi connectivity index (χ2v) is 8.53. The molecule has 0 spiro atoms. The predicted octanol–water partition coefficient (Wildman–Crippen LogP) is 3.86. The summed E-state index contributed by atoms with van der Waals surface area (Å²) in [5.41, 5.74) is -0.444. The summed E-state index contributed by atoms with van der Waals surface area (Å²) in [6, 6.07) is 0. The normalized spacial score (nSPS) is 23.3. The van der Waals surface area contributed by atoms with Gasteiger partial charge in [-0.15, -0.1) is 0 Å². The summed E-state index contributed by atoms with van der Waals surface area (Å²) in [4.78, 5) is 33.6. The molecule has 144 valence electrons. The van der Waals surface area contributed by atoms with Crippen LogP contribution in [0.2, 0.25) is 0 Å². The van der Waals surface area contributed by atoms with Crippen LogP contribution in [-0.2, 0) is 25.5 Å². The molecule has 0 saturated heterocycles. The second-order valence-electron chi connectivity index (χ2n) is 7.78. The Hall–Kier alpha value is -1.50. The molecular formula is C19H27BrN2O4. The minimum atomic E-state index is -0.674. The molecule has 0 amide bonds. The maximum Gasteiger partial charge on any atom is 0.312 e. The average Bonchev–Trinajstić information content (AvgIpc) is 2.56. The zero-order valence-corrected chi connectivity index (χ0v) is 17.5. The second kappa shape index (κ2) is 8.46. The zero-order valence-electron chi connectivity index (χ0n) is 15.9. The third-order valence-corrected chi connectivity index (χ3v) is 5.28. The van der Waals surface area contributed by atoms with Gasteiger partial charge in [0.25, 0.3) is 0 Å². The van der Waals surface area contributed by atoms with E-state index in [9.17, 15) is 9.59 Å². The van der Waals surface area contributed by atoms with Gasteiger partial charge in [-0.2, -0.15) is 0 Å². The van der Waals surface area contributed by atoms with Crippen molar-refractivity contribution in [3.05, 3.63) is 22.7 Å². The van der Waals surface area contributed by atoms with Gasteiger partial charge in [0.05, 0.1) is 23.6 Å². The fourth-order valence-electron chi connectivity index (χ4n) is 3.32. The Kier molecular flexibility index (Phi) is 6.77. The standard InChI is InChI=1S/C19H27BrN2O4/c1-5-25-17(24)19(12-14-15(20)22-11-10-21-14)8-6-13(7-9-19)16(23)26-18(2,3)4/h10-11,13H,5-9,12H2,1-4H3. The molecule has 1 aliphatic carbocycles. The van der Waals surface area contributed by atoms with Crippen LogP contribution >= 0.6 is 15.9 Å². The Morgan fingerprint density at radius 3 is 2.38 bits per heavy atom. The van der Waals surface area contributed by atoms with Gasteiger partial charge >= 0.3 is 11.9 Å². The van der Waals surface area contributed by atoms with Crippen molar-refractivity contribution in [2.75, 3.05) is 6.61 Å². The van der Waals surface area contributed by atoms with E-state index in [-0.39, 0.29) is 17.9 Å². The van der Waals surface area contributed by atoms with Crippen LogP contribution in [0.15, 0.2) is 17.0 Å². The summed E-state index contributed by atoms with van der Waals surface area (Å²) in [6.07, 6.45) is 6.01. The molecule has 0 aliphatic heterocycles. The van der Waals surface area contributed by atoms with E-state index >= 15 is 0 Å². The molecule has 2 rings (SSSR count). The van der Waals surface area contributed by atoms with E-state index in [1.165, 1.54) is 0 Å².